The van der Waals surface area contributed by atoms with Crippen LogP contribution in [0, 0.1) is 6.92 Å². The van der Waals surface area contributed by atoms with Crippen molar-refractivity contribution >= 4 is 21.6 Å². The van der Waals surface area contributed by atoms with E-state index >= 15 is 0 Å². The molecule has 2 rings (SSSR count). The molecule has 0 aliphatic rings. The Morgan fingerprint density at radius 2 is 1.64 bits per heavy atom. The SMILES string of the molecule is Cc1ccc(NC(=O)NCCS(=O)(=O)c2ccccc2)cc1. The van der Waals surface area contributed by atoms with Gasteiger partial charge >= 0.3 is 6.03 Å². The minimum atomic E-state index is -3.38. The Bertz CT molecular complexity index is 726. The standard InChI is InChI=1S/C16H18N2O3S/c1-13-7-9-14(10-8-13)18-16(19)17-11-12-22(20,21)15-5-3-2-4-6-15/h2-10H,11-12H2,1H3,(H2,17,18,19). The zero-order valence-corrected chi connectivity index (χ0v) is 13.1. The quantitative estimate of drug-likeness (QED) is 0.890. The van der Waals surface area contributed by atoms with Crippen LogP contribution in [0.5, 0.6) is 0 Å². The molecule has 2 aromatic carbocycles. The summed E-state index contributed by atoms with van der Waals surface area (Å²) in [6.07, 6.45) is 0. The van der Waals surface area contributed by atoms with E-state index in [9.17, 15) is 13.2 Å². The second kappa shape index (κ2) is 7.09. The molecule has 5 nitrogen and oxygen atoms in total. The van der Waals surface area contributed by atoms with Gasteiger partial charge in [-0.05, 0) is 31.2 Å². The van der Waals surface area contributed by atoms with Crippen molar-refractivity contribution in [2.24, 2.45) is 0 Å². The number of rotatable bonds is 5. The lowest BCUT2D eigenvalue weighted by Crippen LogP contribution is -2.32. The van der Waals surface area contributed by atoms with Gasteiger partial charge < -0.3 is 10.6 Å². The number of sulfone groups is 1. The second-order valence-corrected chi connectivity index (χ2v) is 6.99. The average Bonchev–Trinajstić information content (AvgIpc) is 2.50. The van der Waals surface area contributed by atoms with E-state index in [-0.39, 0.29) is 17.2 Å². The summed E-state index contributed by atoms with van der Waals surface area (Å²) >= 11 is 0. The van der Waals surface area contributed by atoms with E-state index in [2.05, 4.69) is 10.6 Å². The smallest absolute Gasteiger partial charge is 0.319 e. The van der Waals surface area contributed by atoms with Crippen LogP contribution in [0.3, 0.4) is 0 Å². The highest BCUT2D eigenvalue weighted by molar-refractivity contribution is 7.91. The van der Waals surface area contributed by atoms with Crippen LogP contribution in [0.1, 0.15) is 5.56 Å². The molecule has 2 amide bonds. The number of urea groups is 1. The van der Waals surface area contributed by atoms with Crippen LogP contribution >= 0.6 is 0 Å². The van der Waals surface area contributed by atoms with Gasteiger partial charge in [0, 0.05) is 12.2 Å². The van der Waals surface area contributed by atoms with Gasteiger partial charge in [0.1, 0.15) is 0 Å². The maximum atomic E-state index is 12.0. The van der Waals surface area contributed by atoms with Gasteiger partial charge in [-0.2, -0.15) is 0 Å². The largest absolute Gasteiger partial charge is 0.337 e. The molecular weight excluding hydrogens is 300 g/mol. The monoisotopic (exact) mass is 318 g/mol. The molecule has 0 saturated heterocycles. The Kier molecular flexibility index (Phi) is 5.16. The highest BCUT2D eigenvalue weighted by Crippen LogP contribution is 2.10. The normalized spacial score (nSPS) is 11.0. The molecular formula is C16H18N2O3S. The van der Waals surface area contributed by atoms with Gasteiger partial charge in [-0.25, -0.2) is 13.2 Å². The van der Waals surface area contributed by atoms with Crippen molar-refractivity contribution in [3.63, 3.8) is 0 Å². The van der Waals surface area contributed by atoms with Crippen molar-refractivity contribution in [1.82, 2.24) is 5.32 Å². The fraction of sp³-hybridized carbons (Fsp3) is 0.188. The fourth-order valence-electron chi connectivity index (χ4n) is 1.86. The van der Waals surface area contributed by atoms with E-state index in [0.717, 1.165) is 5.56 Å². The van der Waals surface area contributed by atoms with E-state index < -0.39 is 15.9 Å². The lowest BCUT2D eigenvalue weighted by atomic mass is 10.2. The lowest BCUT2D eigenvalue weighted by Gasteiger charge is -2.08. The summed E-state index contributed by atoms with van der Waals surface area (Å²) in [5, 5.41) is 5.19. The predicted octanol–water partition coefficient (Wildman–Crippen LogP) is 2.59. The minimum absolute atomic E-state index is 0.0505. The number of hydrogen-bond acceptors (Lipinski definition) is 3. The number of nitrogens with one attached hydrogen (secondary N) is 2. The summed E-state index contributed by atoms with van der Waals surface area (Å²) in [6, 6.07) is 15.1. The predicted molar refractivity (Wildman–Crippen MR) is 86.7 cm³/mol. The third-order valence-electron chi connectivity index (χ3n) is 3.07. The summed E-state index contributed by atoms with van der Waals surface area (Å²) in [5.41, 5.74) is 1.76. The third kappa shape index (κ3) is 4.60. The molecule has 0 aliphatic carbocycles. The van der Waals surface area contributed by atoms with Crippen LogP contribution in [0.2, 0.25) is 0 Å². The Balaban J connectivity index is 1.83. The molecule has 0 fully saturated rings. The molecule has 22 heavy (non-hydrogen) atoms. The van der Waals surface area contributed by atoms with Crippen LogP contribution in [0.15, 0.2) is 59.5 Å². The molecule has 6 heteroatoms. The fourth-order valence-corrected chi connectivity index (χ4v) is 3.04. The first kappa shape index (κ1) is 16.0. The van der Waals surface area contributed by atoms with E-state index in [1.54, 1.807) is 42.5 Å². The van der Waals surface area contributed by atoms with Crippen molar-refractivity contribution in [1.29, 1.82) is 0 Å². The lowest BCUT2D eigenvalue weighted by molar-refractivity contribution is 0.252. The molecule has 0 unspecified atom stereocenters. The van der Waals surface area contributed by atoms with Gasteiger partial charge in [0.05, 0.1) is 10.6 Å². The molecule has 0 atom stereocenters. The van der Waals surface area contributed by atoms with Gasteiger partial charge in [-0.3, -0.25) is 0 Å². The maximum absolute atomic E-state index is 12.0. The molecule has 116 valence electrons. The van der Waals surface area contributed by atoms with Crippen LogP contribution in [-0.4, -0.2) is 26.7 Å². The third-order valence-corrected chi connectivity index (χ3v) is 4.80. The van der Waals surface area contributed by atoms with Gasteiger partial charge in [0.2, 0.25) is 0 Å². The second-order valence-electron chi connectivity index (χ2n) is 4.88. The van der Waals surface area contributed by atoms with Crippen LogP contribution < -0.4 is 10.6 Å². The van der Waals surface area contributed by atoms with Crippen molar-refractivity contribution in [2.45, 2.75) is 11.8 Å². The van der Waals surface area contributed by atoms with E-state index in [4.69, 9.17) is 0 Å². The molecule has 0 heterocycles. The Hall–Kier alpha value is -2.34. The van der Waals surface area contributed by atoms with Crippen molar-refractivity contribution in [3.8, 4) is 0 Å². The first-order valence-corrected chi connectivity index (χ1v) is 8.52. The van der Waals surface area contributed by atoms with Crippen molar-refractivity contribution in [2.75, 3.05) is 17.6 Å². The number of hydrogen-bond donors (Lipinski definition) is 2. The summed E-state index contributed by atoms with van der Waals surface area (Å²) in [5.74, 6) is -0.141. The van der Waals surface area contributed by atoms with Crippen molar-refractivity contribution < 1.29 is 13.2 Å². The summed E-state index contributed by atoms with van der Waals surface area (Å²) in [4.78, 5) is 12.0. The molecule has 2 N–H and O–H groups in total. The first-order chi connectivity index (χ1) is 10.5. The van der Waals surface area contributed by atoms with Gasteiger partial charge in [0.15, 0.2) is 9.84 Å². The number of anilines is 1. The molecule has 0 bridgehead atoms. The summed E-state index contributed by atoms with van der Waals surface area (Å²) < 4.78 is 24.1. The molecule has 0 aliphatic heterocycles. The zero-order valence-electron chi connectivity index (χ0n) is 12.2. The maximum Gasteiger partial charge on any atom is 0.319 e. The number of carbonyl (C=O) groups is 1. The highest BCUT2D eigenvalue weighted by Gasteiger charge is 2.13. The number of amides is 2. The average molecular weight is 318 g/mol. The minimum Gasteiger partial charge on any atom is -0.337 e. The van der Waals surface area contributed by atoms with Crippen LogP contribution in [-0.2, 0) is 9.84 Å². The molecule has 0 spiro atoms. The number of carbonyl (C=O) groups excluding carboxylic acids is 1. The summed E-state index contributed by atoms with van der Waals surface area (Å²) in [7, 11) is -3.38. The molecule has 2 aromatic rings. The van der Waals surface area contributed by atoms with Gasteiger partial charge in [0.25, 0.3) is 0 Å². The molecule has 0 saturated carbocycles. The van der Waals surface area contributed by atoms with Gasteiger partial charge in [-0.1, -0.05) is 35.9 Å². The first-order valence-electron chi connectivity index (χ1n) is 6.87. The Labute approximate surface area is 130 Å². The Morgan fingerprint density at radius 1 is 1.00 bits per heavy atom. The molecule has 0 aromatic heterocycles. The van der Waals surface area contributed by atoms with E-state index in [1.165, 1.54) is 0 Å². The number of benzene rings is 2. The Morgan fingerprint density at radius 3 is 2.27 bits per heavy atom. The number of aryl methyl sites for hydroxylation is 1. The van der Waals surface area contributed by atoms with Crippen LogP contribution in [0.4, 0.5) is 10.5 Å². The topological polar surface area (TPSA) is 75.3 Å². The van der Waals surface area contributed by atoms with Crippen LogP contribution in [0.25, 0.3) is 0 Å². The highest BCUT2D eigenvalue weighted by atomic mass is 32.2. The summed E-state index contributed by atoms with van der Waals surface area (Å²) in [6.45, 7) is 2.01. The van der Waals surface area contributed by atoms with Gasteiger partial charge in [-0.15, -0.1) is 0 Å². The molecule has 0 radical (unpaired) electrons. The van der Waals surface area contributed by atoms with E-state index in [1.807, 2.05) is 19.1 Å². The van der Waals surface area contributed by atoms with Crippen molar-refractivity contribution in [3.05, 3.63) is 60.2 Å². The van der Waals surface area contributed by atoms with E-state index in [0.29, 0.717) is 5.69 Å². The zero-order chi connectivity index (χ0) is 16.0.